The highest BCUT2D eigenvalue weighted by Gasteiger charge is 2.34. The number of carbonyl (C=O) groups is 1. The van der Waals surface area contributed by atoms with E-state index in [1.54, 1.807) is 29.2 Å². The molecule has 8 heteroatoms. The number of likely N-dealkylation sites (tertiary alicyclic amines) is 1. The van der Waals surface area contributed by atoms with Crippen molar-refractivity contribution in [2.75, 3.05) is 18.1 Å². The summed E-state index contributed by atoms with van der Waals surface area (Å²) < 4.78 is 1.61. The van der Waals surface area contributed by atoms with Crippen LogP contribution in [-0.4, -0.2) is 50.6 Å². The van der Waals surface area contributed by atoms with Crippen molar-refractivity contribution in [3.8, 4) is 0 Å². The lowest BCUT2D eigenvalue weighted by Gasteiger charge is -2.37. The van der Waals surface area contributed by atoms with Crippen LogP contribution in [-0.2, 0) is 0 Å². The molecule has 2 unspecified atom stereocenters. The van der Waals surface area contributed by atoms with Gasteiger partial charge in [-0.05, 0) is 76.4 Å². The predicted octanol–water partition coefficient (Wildman–Crippen LogP) is 3.51. The molecule has 4 heterocycles. The number of nitrogens with zero attached hydrogens (tertiary/aromatic N) is 5. The van der Waals surface area contributed by atoms with Gasteiger partial charge in [-0.2, -0.15) is 5.10 Å². The first-order valence-electron chi connectivity index (χ1n) is 12.2. The number of anilines is 1. The Morgan fingerprint density at radius 1 is 1.24 bits per heavy atom. The molecule has 1 saturated heterocycles. The fourth-order valence-corrected chi connectivity index (χ4v) is 4.90. The van der Waals surface area contributed by atoms with Crippen LogP contribution in [0.5, 0.6) is 0 Å². The maximum Gasteiger partial charge on any atom is 0.262 e. The number of hydrogen-bond acceptors (Lipinski definition) is 6. The van der Waals surface area contributed by atoms with Crippen molar-refractivity contribution in [2.24, 2.45) is 5.92 Å². The second-order valence-electron chi connectivity index (χ2n) is 9.41. The Labute approximate surface area is 200 Å². The Bertz CT molecular complexity index is 1180. The summed E-state index contributed by atoms with van der Waals surface area (Å²) in [6, 6.07) is 10.9. The first-order valence-corrected chi connectivity index (χ1v) is 12.2. The lowest BCUT2D eigenvalue weighted by atomic mass is 9.89. The van der Waals surface area contributed by atoms with E-state index in [-0.39, 0.29) is 11.9 Å². The Morgan fingerprint density at radius 3 is 2.74 bits per heavy atom. The smallest absolute Gasteiger partial charge is 0.262 e. The first-order chi connectivity index (χ1) is 16.5. The van der Waals surface area contributed by atoms with Crippen LogP contribution in [0.15, 0.2) is 60.8 Å². The normalized spacial score (nSPS) is 20.5. The largest absolute Gasteiger partial charge is 0.307 e. The number of aromatic nitrogens is 3. The number of benzene rings is 1. The van der Waals surface area contributed by atoms with Gasteiger partial charge in [0.25, 0.3) is 5.91 Å². The number of piperidine rings is 1. The average molecular weight is 460 g/mol. The first kappa shape index (κ1) is 22.6. The lowest BCUT2D eigenvalue weighted by molar-refractivity contribution is 0.0966. The van der Waals surface area contributed by atoms with E-state index in [9.17, 15) is 4.79 Å². The number of rotatable bonds is 6. The molecule has 2 N–H and O–H groups in total. The molecule has 8 nitrogen and oxygen atoms in total. The monoisotopic (exact) mass is 459 g/mol. The third-order valence-corrected chi connectivity index (χ3v) is 7.21. The molecule has 5 rings (SSSR count). The molecule has 2 atom stereocenters. The molecule has 0 saturated carbocycles. The van der Waals surface area contributed by atoms with Crippen molar-refractivity contribution < 1.29 is 4.79 Å². The summed E-state index contributed by atoms with van der Waals surface area (Å²) in [4.78, 5) is 20.2. The van der Waals surface area contributed by atoms with Crippen LogP contribution in [0.4, 0.5) is 5.69 Å². The van der Waals surface area contributed by atoms with E-state index in [4.69, 9.17) is 0 Å². The SMILES string of the molecule is CCC(C)N1CCC(C2C=C(NC(=O)c3cnn4cccnc34)N(c3ccc(C)cc3)N2)CC1. The fraction of sp³-hybridized carbons (Fsp3) is 0.423. The Morgan fingerprint density at radius 2 is 2.00 bits per heavy atom. The minimum absolute atomic E-state index is 0.165. The third kappa shape index (κ3) is 4.43. The standard InChI is InChI=1S/C26H33N7O/c1-4-19(3)31-14-10-20(11-15-31)23-16-24(33(30-23)21-8-6-18(2)7-9-21)29-26(34)22-17-28-32-13-5-12-27-25(22)32/h5-9,12-13,16-17,19-20,23,30H,4,10-11,14-15H2,1-3H3,(H,29,34). The minimum Gasteiger partial charge on any atom is -0.307 e. The Hall–Kier alpha value is -3.23. The van der Waals surface area contributed by atoms with E-state index < -0.39 is 0 Å². The predicted molar refractivity (Wildman–Crippen MR) is 133 cm³/mol. The minimum atomic E-state index is -0.217. The van der Waals surface area contributed by atoms with Crippen LogP contribution in [0.2, 0.25) is 0 Å². The Kier molecular flexibility index (Phi) is 6.34. The maximum absolute atomic E-state index is 13.2. The number of fused-ring (bicyclic) bond motifs is 1. The Balaban J connectivity index is 1.37. The van der Waals surface area contributed by atoms with Gasteiger partial charge >= 0.3 is 0 Å². The van der Waals surface area contributed by atoms with Crippen molar-refractivity contribution in [1.82, 2.24) is 30.2 Å². The van der Waals surface area contributed by atoms with Gasteiger partial charge in [0, 0.05) is 18.4 Å². The van der Waals surface area contributed by atoms with Gasteiger partial charge in [-0.3, -0.25) is 9.80 Å². The summed E-state index contributed by atoms with van der Waals surface area (Å²) >= 11 is 0. The van der Waals surface area contributed by atoms with Crippen LogP contribution >= 0.6 is 0 Å². The molecule has 1 fully saturated rings. The van der Waals surface area contributed by atoms with Gasteiger partial charge in [-0.15, -0.1) is 0 Å². The molecular formula is C26H33N7O. The second-order valence-corrected chi connectivity index (χ2v) is 9.41. The van der Waals surface area contributed by atoms with E-state index in [0.717, 1.165) is 37.4 Å². The number of nitrogens with one attached hydrogen (secondary N) is 2. The fourth-order valence-electron chi connectivity index (χ4n) is 4.90. The molecule has 2 aromatic heterocycles. The van der Waals surface area contributed by atoms with E-state index in [1.807, 2.05) is 5.01 Å². The number of carbonyl (C=O) groups excluding carboxylic acids is 1. The molecule has 0 spiro atoms. The molecule has 34 heavy (non-hydrogen) atoms. The molecule has 178 valence electrons. The molecular weight excluding hydrogens is 426 g/mol. The van der Waals surface area contributed by atoms with Crippen molar-refractivity contribution >= 4 is 17.2 Å². The molecule has 3 aromatic rings. The summed E-state index contributed by atoms with van der Waals surface area (Å²) in [6.07, 6.45) is 10.7. The third-order valence-electron chi connectivity index (χ3n) is 7.21. The molecule has 0 radical (unpaired) electrons. The highest BCUT2D eigenvalue weighted by Crippen LogP contribution is 2.29. The van der Waals surface area contributed by atoms with E-state index in [1.165, 1.54) is 12.0 Å². The average Bonchev–Trinajstić information content (AvgIpc) is 3.49. The van der Waals surface area contributed by atoms with Crippen molar-refractivity contribution in [1.29, 1.82) is 0 Å². The van der Waals surface area contributed by atoms with Crippen molar-refractivity contribution in [3.05, 3.63) is 71.9 Å². The number of amides is 1. The van der Waals surface area contributed by atoms with Gasteiger partial charge in [-0.1, -0.05) is 24.6 Å². The summed E-state index contributed by atoms with van der Waals surface area (Å²) in [7, 11) is 0. The van der Waals surface area contributed by atoms with Gasteiger partial charge in [-0.25, -0.2) is 14.9 Å². The van der Waals surface area contributed by atoms with Gasteiger partial charge < -0.3 is 10.2 Å². The molecule has 1 amide bonds. The summed E-state index contributed by atoms with van der Waals surface area (Å²) in [5, 5.41) is 9.38. The van der Waals surface area contributed by atoms with Crippen LogP contribution in [0.1, 0.15) is 49.0 Å². The maximum atomic E-state index is 13.2. The van der Waals surface area contributed by atoms with Gasteiger partial charge in [0.1, 0.15) is 11.4 Å². The van der Waals surface area contributed by atoms with E-state index in [2.05, 4.69) is 76.8 Å². The molecule has 0 aliphatic carbocycles. The van der Waals surface area contributed by atoms with Gasteiger partial charge in [0.15, 0.2) is 5.65 Å². The summed E-state index contributed by atoms with van der Waals surface area (Å²) in [6.45, 7) is 8.88. The van der Waals surface area contributed by atoms with Crippen LogP contribution in [0.25, 0.3) is 5.65 Å². The zero-order valence-corrected chi connectivity index (χ0v) is 20.1. The molecule has 0 bridgehead atoms. The topological polar surface area (TPSA) is 77.8 Å². The number of aryl methyl sites for hydroxylation is 1. The molecule has 2 aliphatic heterocycles. The quantitative estimate of drug-likeness (QED) is 0.587. The van der Waals surface area contributed by atoms with Crippen molar-refractivity contribution in [2.45, 2.75) is 52.1 Å². The summed E-state index contributed by atoms with van der Waals surface area (Å²) in [5.41, 5.74) is 6.85. The molecule has 1 aromatic carbocycles. The zero-order valence-electron chi connectivity index (χ0n) is 20.1. The number of hydrazine groups is 1. The zero-order chi connectivity index (χ0) is 23.7. The van der Waals surface area contributed by atoms with E-state index >= 15 is 0 Å². The second kappa shape index (κ2) is 9.56. The highest BCUT2D eigenvalue weighted by molar-refractivity contribution is 6.00. The van der Waals surface area contributed by atoms with Crippen molar-refractivity contribution in [3.63, 3.8) is 0 Å². The molecule has 2 aliphatic rings. The van der Waals surface area contributed by atoms with Crippen LogP contribution in [0.3, 0.4) is 0 Å². The van der Waals surface area contributed by atoms with Gasteiger partial charge in [0.05, 0.1) is 17.9 Å². The summed E-state index contributed by atoms with van der Waals surface area (Å²) in [5.74, 6) is 1.05. The number of hydrogen-bond donors (Lipinski definition) is 2. The van der Waals surface area contributed by atoms with Gasteiger partial charge in [0.2, 0.25) is 0 Å². The van der Waals surface area contributed by atoms with Crippen LogP contribution < -0.4 is 15.8 Å². The van der Waals surface area contributed by atoms with Crippen LogP contribution in [0, 0.1) is 12.8 Å². The highest BCUT2D eigenvalue weighted by atomic mass is 16.2. The van der Waals surface area contributed by atoms with E-state index in [0.29, 0.717) is 23.2 Å². The lowest BCUT2D eigenvalue weighted by Crippen LogP contribution is -2.47.